The molecule has 2 aromatic rings. The number of benzene rings is 2. The monoisotopic (exact) mass is 303 g/mol. The van der Waals surface area contributed by atoms with Gasteiger partial charge in [-0.2, -0.15) is 11.8 Å². The minimum Gasteiger partial charge on any atom is -0.312 e. The Morgan fingerprint density at radius 3 is 2.70 bits per heavy atom. The van der Waals surface area contributed by atoms with Crippen LogP contribution in [0.1, 0.15) is 22.7 Å². The molecule has 104 valence electrons. The van der Waals surface area contributed by atoms with Gasteiger partial charge in [-0.05, 0) is 36.2 Å². The van der Waals surface area contributed by atoms with Crippen molar-refractivity contribution in [2.45, 2.75) is 23.5 Å². The maximum Gasteiger partial charge on any atom is 0.0446 e. The van der Waals surface area contributed by atoms with Gasteiger partial charge in [-0.1, -0.05) is 54.1 Å². The molecule has 1 nitrogen and oxygen atoms in total. The molecule has 20 heavy (non-hydrogen) atoms. The summed E-state index contributed by atoms with van der Waals surface area (Å²) in [4.78, 5) is 0. The van der Waals surface area contributed by atoms with Gasteiger partial charge in [0.25, 0.3) is 0 Å². The first-order chi connectivity index (χ1) is 9.79. The molecule has 1 aliphatic rings. The van der Waals surface area contributed by atoms with Gasteiger partial charge in [-0.25, -0.2) is 0 Å². The molecule has 0 aromatic heterocycles. The van der Waals surface area contributed by atoms with E-state index in [0.717, 1.165) is 17.2 Å². The number of halogens is 1. The van der Waals surface area contributed by atoms with Crippen molar-refractivity contribution >= 4 is 23.4 Å². The molecule has 0 bridgehead atoms. The molecular weight excluding hydrogens is 286 g/mol. The van der Waals surface area contributed by atoms with Crippen LogP contribution in [0.5, 0.6) is 0 Å². The number of nitrogens with one attached hydrogen (secondary N) is 1. The van der Waals surface area contributed by atoms with E-state index in [0.29, 0.717) is 11.3 Å². The molecule has 0 aliphatic heterocycles. The first kappa shape index (κ1) is 14.0. The lowest BCUT2D eigenvalue weighted by Gasteiger charge is -2.19. The van der Waals surface area contributed by atoms with Gasteiger partial charge >= 0.3 is 0 Å². The van der Waals surface area contributed by atoms with Crippen molar-refractivity contribution < 1.29 is 0 Å². The number of thioether (sulfide) groups is 1. The van der Waals surface area contributed by atoms with Crippen LogP contribution < -0.4 is 5.32 Å². The van der Waals surface area contributed by atoms with E-state index in [-0.39, 0.29) is 0 Å². The Balaban J connectivity index is 1.72. The number of rotatable bonds is 4. The summed E-state index contributed by atoms with van der Waals surface area (Å²) >= 11 is 8.23. The standard InChI is InChI=1S/C17H18ClNS/c1-19-17-14-8-4-2-6-12(14)10-16(17)20-11-13-7-3-5-9-15(13)18/h2-9,16-17,19H,10-11H2,1H3. The SMILES string of the molecule is CNC1c2ccccc2CC1SCc1ccccc1Cl. The third-order valence-electron chi connectivity index (χ3n) is 3.90. The second kappa shape index (κ2) is 6.21. The summed E-state index contributed by atoms with van der Waals surface area (Å²) in [5.41, 5.74) is 4.15. The van der Waals surface area contributed by atoms with E-state index >= 15 is 0 Å². The fourth-order valence-electron chi connectivity index (χ4n) is 2.87. The number of hydrogen-bond donors (Lipinski definition) is 1. The maximum absolute atomic E-state index is 6.24. The zero-order valence-electron chi connectivity index (χ0n) is 11.5. The van der Waals surface area contributed by atoms with Gasteiger partial charge in [0.1, 0.15) is 0 Å². The first-order valence-corrected chi connectivity index (χ1v) is 8.32. The Hall–Kier alpha value is -0.960. The average molecular weight is 304 g/mol. The van der Waals surface area contributed by atoms with E-state index in [4.69, 9.17) is 11.6 Å². The Morgan fingerprint density at radius 2 is 1.90 bits per heavy atom. The lowest BCUT2D eigenvalue weighted by Crippen LogP contribution is -2.23. The summed E-state index contributed by atoms with van der Waals surface area (Å²) in [6.07, 6.45) is 1.14. The van der Waals surface area contributed by atoms with Crippen LogP contribution in [0.15, 0.2) is 48.5 Å². The highest BCUT2D eigenvalue weighted by Gasteiger charge is 2.31. The molecule has 0 spiro atoms. The van der Waals surface area contributed by atoms with Crippen molar-refractivity contribution in [3.63, 3.8) is 0 Å². The summed E-state index contributed by atoms with van der Waals surface area (Å²) in [5.74, 6) is 0.969. The van der Waals surface area contributed by atoms with Gasteiger partial charge in [0.2, 0.25) is 0 Å². The van der Waals surface area contributed by atoms with E-state index < -0.39 is 0 Å². The summed E-state index contributed by atoms with van der Waals surface area (Å²) < 4.78 is 0. The van der Waals surface area contributed by atoms with E-state index in [9.17, 15) is 0 Å². The van der Waals surface area contributed by atoms with Crippen LogP contribution in [-0.2, 0) is 12.2 Å². The quantitative estimate of drug-likeness (QED) is 0.895. The molecular formula is C17H18ClNS. The van der Waals surface area contributed by atoms with Crippen LogP contribution in [0.3, 0.4) is 0 Å². The summed E-state index contributed by atoms with van der Waals surface area (Å²) in [6, 6.07) is 17.3. The third kappa shape index (κ3) is 2.73. The second-order valence-corrected chi connectivity index (χ2v) is 6.74. The molecule has 1 N–H and O–H groups in total. The zero-order chi connectivity index (χ0) is 13.9. The van der Waals surface area contributed by atoms with Crippen molar-refractivity contribution in [1.29, 1.82) is 0 Å². The van der Waals surface area contributed by atoms with Crippen molar-refractivity contribution in [2.24, 2.45) is 0 Å². The highest BCUT2D eigenvalue weighted by molar-refractivity contribution is 7.99. The van der Waals surface area contributed by atoms with E-state index in [1.807, 2.05) is 23.9 Å². The van der Waals surface area contributed by atoms with Crippen LogP contribution in [0, 0.1) is 0 Å². The van der Waals surface area contributed by atoms with E-state index in [1.165, 1.54) is 16.7 Å². The molecule has 0 fully saturated rings. The molecule has 0 radical (unpaired) electrons. The molecule has 0 saturated heterocycles. The van der Waals surface area contributed by atoms with Crippen LogP contribution in [0.4, 0.5) is 0 Å². The Morgan fingerprint density at radius 1 is 1.15 bits per heavy atom. The van der Waals surface area contributed by atoms with Gasteiger partial charge < -0.3 is 5.32 Å². The minimum atomic E-state index is 0.443. The average Bonchev–Trinajstić information content (AvgIpc) is 2.84. The number of fused-ring (bicyclic) bond motifs is 1. The van der Waals surface area contributed by atoms with E-state index in [1.54, 1.807) is 0 Å². The topological polar surface area (TPSA) is 12.0 Å². The van der Waals surface area contributed by atoms with Crippen LogP contribution in [-0.4, -0.2) is 12.3 Å². The Labute approximate surface area is 129 Å². The second-order valence-electron chi connectivity index (χ2n) is 5.11. The summed E-state index contributed by atoms with van der Waals surface area (Å²) in [7, 11) is 2.05. The maximum atomic E-state index is 6.24. The molecule has 0 saturated carbocycles. The first-order valence-electron chi connectivity index (χ1n) is 6.89. The van der Waals surface area contributed by atoms with Crippen molar-refractivity contribution in [3.8, 4) is 0 Å². The largest absolute Gasteiger partial charge is 0.312 e. The van der Waals surface area contributed by atoms with Crippen LogP contribution in [0.2, 0.25) is 5.02 Å². The van der Waals surface area contributed by atoms with Crippen LogP contribution in [0.25, 0.3) is 0 Å². The highest BCUT2D eigenvalue weighted by Crippen LogP contribution is 2.39. The molecule has 0 heterocycles. The fourth-order valence-corrected chi connectivity index (χ4v) is 4.57. The van der Waals surface area contributed by atoms with Gasteiger partial charge in [0.05, 0.1) is 0 Å². The smallest absolute Gasteiger partial charge is 0.0446 e. The molecule has 0 amide bonds. The Kier molecular flexibility index (Phi) is 4.35. The van der Waals surface area contributed by atoms with Crippen molar-refractivity contribution in [3.05, 3.63) is 70.2 Å². The molecule has 2 atom stereocenters. The van der Waals surface area contributed by atoms with Crippen LogP contribution >= 0.6 is 23.4 Å². The fraction of sp³-hybridized carbons (Fsp3) is 0.294. The zero-order valence-corrected chi connectivity index (χ0v) is 13.0. The van der Waals surface area contributed by atoms with Crippen molar-refractivity contribution in [1.82, 2.24) is 5.32 Å². The normalized spacial score (nSPS) is 20.9. The molecule has 3 heteroatoms. The molecule has 2 aromatic carbocycles. The predicted molar refractivity (Wildman–Crippen MR) is 88.5 cm³/mol. The van der Waals surface area contributed by atoms with Gasteiger partial charge in [-0.15, -0.1) is 0 Å². The lowest BCUT2D eigenvalue weighted by molar-refractivity contribution is 0.603. The molecule has 2 unspecified atom stereocenters. The predicted octanol–water partition coefficient (Wildman–Crippen LogP) is 4.46. The minimum absolute atomic E-state index is 0.443. The highest BCUT2D eigenvalue weighted by atomic mass is 35.5. The Bertz CT molecular complexity index is 599. The van der Waals surface area contributed by atoms with Gasteiger partial charge in [-0.3, -0.25) is 0 Å². The lowest BCUT2D eigenvalue weighted by atomic mass is 10.1. The van der Waals surface area contributed by atoms with Gasteiger partial charge in [0, 0.05) is 22.1 Å². The third-order valence-corrected chi connectivity index (χ3v) is 5.62. The summed E-state index contributed by atoms with van der Waals surface area (Å²) in [6.45, 7) is 0. The van der Waals surface area contributed by atoms with E-state index in [2.05, 4.69) is 48.8 Å². The molecule has 1 aliphatic carbocycles. The molecule has 3 rings (SSSR count). The number of hydrogen-bond acceptors (Lipinski definition) is 2. The van der Waals surface area contributed by atoms with Crippen molar-refractivity contribution in [2.75, 3.05) is 7.05 Å². The summed E-state index contributed by atoms with van der Waals surface area (Å²) in [5, 5.41) is 4.92. The van der Waals surface area contributed by atoms with Gasteiger partial charge in [0.15, 0.2) is 0 Å².